The summed E-state index contributed by atoms with van der Waals surface area (Å²) in [5.41, 5.74) is 8.37. The summed E-state index contributed by atoms with van der Waals surface area (Å²) < 4.78 is 96.0. The Morgan fingerprint density at radius 1 is 0.872 bits per heavy atom. The van der Waals surface area contributed by atoms with Gasteiger partial charge in [0.05, 0.1) is 21.4 Å². The number of ketones is 1. The van der Waals surface area contributed by atoms with Crippen molar-refractivity contribution < 1.29 is 39.2 Å². The molecule has 2 aliphatic carbocycles. The van der Waals surface area contributed by atoms with Crippen molar-refractivity contribution in [2.75, 3.05) is 11.2 Å². The van der Waals surface area contributed by atoms with E-state index in [-0.39, 0.29) is 4.90 Å². The number of nitrogens with one attached hydrogen (secondary N) is 2. The van der Waals surface area contributed by atoms with Crippen molar-refractivity contribution in [2.24, 2.45) is 16.9 Å². The van der Waals surface area contributed by atoms with Crippen LogP contribution < -0.4 is 15.9 Å². The monoisotopic (exact) mass is 594 g/mol. The Balaban J connectivity index is 1.84. The highest BCUT2D eigenvalue weighted by Crippen LogP contribution is 2.38. The number of fused-ring (bicyclic) bond motifs is 1. The highest BCUT2D eigenvalue weighted by atomic mass is 32.2. The summed E-state index contributed by atoms with van der Waals surface area (Å²) in [7, 11) is -14.4. The molecule has 2 unspecified atom stereocenters. The van der Waals surface area contributed by atoms with Gasteiger partial charge in [-0.05, 0) is 49.4 Å². The quantitative estimate of drug-likeness (QED) is 0.176. The zero-order valence-electron chi connectivity index (χ0n) is 20.0. The van der Waals surface area contributed by atoms with E-state index in [1.54, 1.807) is 6.92 Å². The highest BCUT2D eigenvalue weighted by Gasteiger charge is 2.45. The van der Waals surface area contributed by atoms with E-state index < -0.39 is 69.1 Å². The summed E-state index contributed by atoms with van der Waals surface area (Å²) in [5.74, 6) is -3.96. The maximum absolute atomic E-state index is 13.6. The molecule has 0 radical (unpaired) electrons. The van der Waals surface area contributed by atoms with Gasteiger partial charge in [-0.3, -0.25) is 24.0 Å². The fraction of sp³-hybridized carbons (Fsp3) is 0.130. The number of nitrogens with two attached hydrogens (primary N) is 1. The second kappa shape index (κ2) is 10.0. The van der Waals surface area contributed by atoms with Gasteiger partial charge in [0.1, 0.15) is 10.6 Å². The van der Waals surface area contributed by atoms with Crippen molar-refractivity contribution in [1.29, 1.82) is 0 Å². The van der Waals surface area contributed by atoms with E-state index in [9.17, 15) is 39.2 Å². The predicted octanol–water partition coefficient (Wildman–Crippen LogP) is 1.58. The summed E-state index contributed by atoms with van der Waals surface area (Å²) in [6.45, 7) is 1.74. The summed E-state index contributed by atoms with van der Waals surface area (Å²) in [5, 5.41) is 3.85. The lowest BCUT2D eigenvalue weighted by Gasteiger charge is -2.32. The van der Waals surface area contributed by atoms with Gasteiger partial charge in [-0.2, -0.15) is 21.9 Å². The first kappa shape index (κ1) is 28.2. The molecule has 2 aromatic carbocycles. The lowest BCUT2D eigenvalue weighted by molar-refractivity contribution is -0.116. The van der Waals surface area contributed by atoms with E-state index in [2.05, 4.69) is 15.2 Å². The molecule has 0 aliphatic heterocycles. The Morgan fingerprint density at radius 3 is 2.05 bits per heavy atom. The Bertz CT molecular complexity index is 1790. The first-order chi connectivity index (χ1) is 18.1. The van der Waals surface area contributed by atoms with Gasteiger partial charge in [-0.15, -0.1) is 0 Å². The molecule has 16 heteroatoms. The van der Waals surface area contributed by atoms with Crippen LogP contribution in [0.3, 0.4) is 0 Å². The van der Waals surface area contributed by atoms with Crippen molar-refractivity contribution >= 4 is 53.1 Å². The van der Waals surface area contributed by atoms with Crippen molar-refractivity contribution in [3.63, 3.8) is 0 Å². The van der Waals surface area contributed by atoms with Crippen molar-refractivity contribution in [3.8, 4) is 0 Å². The molecule has 2 aromatic rings. The third-order valence-corrected chi connectivity index (χ3v) is 8.97. The molecule has 0 fully saturated rings. The average molecular weight is 595 g/mol. The van der Waals surface area contributed by atoms with E-state index in [1.165, 1.54) is 48.5 Å². The number of Topliss-reactive ketones (excluding diaryl/α,β-unsaturated/α-hetero) is 1. The first-order valence-electron chi connectivity index (χ1n) is 11.0. The van der Waals surface area contributed by atoms with Gasteiger partial charge in [-0.1, -0.05) is 29.8 Å². The van der Waals surface area contributed by atoms with Gasteiger partial charge in [0.25, 0.3) is 30.3 Å². The Kier molecular flexibility index (Phi) is 7.26. The summed E-state index contributed by atoms with van der Waals surface area (Å²) in [6.07, 6.45) is 2.48. The van der Waals surface area contributed by atoms with Gasteiger partial charge >= 0.3 is 0 Å². The highest BCUT2D eigenvalue weighted by molar-refractivity contribution is 7.91. The number of nitrogen functional groups attached to an aromatic ring is 1. The number of carbonyl (C=O) groups excluding carboxylic acids is 1. The van der Waals surface area contributed by atoms with Crippen LogP contribution in [-0.4, -0.2) is 45.9 Å². The standard InChI is InChI=1S/C23H22N4O9S3/c1-13-2-8-17(9-3-13)37(29,30)27-19-12-18(38(31,32)33)10-14-11-20(39(34,35)36)22(23(28)21(14)19)26-25-16-6-4-15(24)5-7-16/h2-12,14,21,25,27H,24H2,1H3,(H,31,32,33)(H,34,35,36)/b26-22-. The number of hydrogen-bond donors (Lipinski definition) is 5. The number of benzene rings is 2. The summed E-state index contributed by atoms with van der Waals surface area (Å²) >= 11 is 0. The number of anilines is 2. The van der Waals surface area contributed by atoms with Crippen LogP contribution in [0.25, 0.3) is 0 Å². The fourth-order valence-electron chi connectivity index (χ4n) is 3.95. The molecule has 6 N–H and O–H groups in total. The molecular formula is C23H22N4O9S3. The van der Waals surface area contributed by atoms with Crippen LogP contribution >= 0.6 is 0 Å². The minimum absolute atomic E-state index is 0.204. The number of aryl methyl sites for hydroxylation is 1. The molecule has 2 atom stereocenters. The molecule has 4 rings (SSSR count). The minimum atomic E-state index is -5.07. The first-order valence-corrected chi connectivity index (χ1v) is 15.4. The van der Waals surface area contributed by atoms with Gasteiger partial charge in [0.2, 0.25) is 0 Å². The Labute approximate surface area is 224 Å². The van der Waals surface area contributed by atoms with E-state index in [4.69, 9.17) is 5.73 Å². The zero-order chi connectivity index (χ0) is 28.8. The minimum Gasteiger partial charge on any atom is -0.399 e. The number of hydrogen-bond acceptors (Lipinski definition) is 10. The SMILES string of the molecule is Cc1ccc(S(=O)(=O)NC2=CC(S(=O)(=O)O)=CC3C=C(S(=O)(=O)O)/C(=N/Nc4ccc(N)cc4)C(=O)C23)cc1. The van der Waals surface area contributed by atoms with Crippen molar-refractivity contribution in [1.82, 2.24) is 4.72 Å². The lowest BCUT2D eigenvalue weighted by atomic mass is 9.77. The van der Waals surface area contributed by atoms with Gasteiger partial charge in [0.15, 0.2) is 5.78 Å². The van der Waals surface area contributed by atoms with Crippen molar-refractivity contribution in [3.05, 3.63) is 87.8 Å². The smallest absolute Gasteiger partial charge is 0.296 e. The van der Waals surface area contributed by atoms with E-state index in [0.717, 1.165) is 23.8 Å². The molecule has 0 heterocycles. The van der Waals surface area contributed by atoms with Crippen LogP contribution in [0.2, 0.25) is 0 Å². The maximum Gasteiger partial charge on any atom is 0.296 e. The van der Waals surface area contributed by atoms with Crippen LogP contribution in [0.5, 0.6) is 0 Å². The number of rotatable bonds is 7. The largest absolute Gasteiger partial charge is 0.399 e. The second-order valence-corrected chi connectivity index (χ2v) is 13.2. The number of sulfonamides is 1. The lowest BCUT2D eigenvalue weighted by Crippen LogP contribution is -2.43. The molecule has 0 bridgehead atoms. The third-order valence-electron chi connectivity index (χ3n) is 5.83. The number of allylic oxidation sites excluding steroid dienone is 5. The van der Waals surface area contributed by atoms with E-state index >= 15 is 0 Å². The molecule has 39 heavy (non-hydrogen) atoms. The summed E-state index contributed by atoms with van der Waals surface area (Å²) in [6, 6.07) is 11.6. The number of nitrogens with zero attached hydrogens (tertiary/aromatic N) is 1. The Hall–Kier alpha value is -3.83. The molecule has 0 amide bonds. The molecule has 2 aliphatic rings. The number of hydrazone groups is 1. The average Bonchev–Trinajstić information content (AvgIpc) is 2.83. The number of carbonyl (C=O) groups is 1. The van der Waals surface area contributed by atoms with Gasteiger partial charge in [-0.25, -0.2) is 8.42 Å². The van der Waals surface area contributed by atoms with Gasteiger partial charge in [0, 0.05) is 17.3 Å². The maximum atomic E-state index is 13.6. The Morgan fingerprint density at radius 2 is 1.49 bits per heavy atom. The van der Waals surface area contributed by atoms with Crippen LogP contribution in [0.15, 0.2) is 92.3 Å². The normalized spacial score (nSPS) is 20.9. The molecule has 13 nitrogen and oxygen atoms in total. The molecule has 0 aromatic heterocycles. The predicted molar refractivity (Wildman–Crippen MR) is 143 cm³/mol. The van der Waals surface area contributed by atoms with E-state index in [0.29, 0.717) is 11.4 Å². The van der Waals surface area contributed by atoms with Crippen molar-refractivity contribution in [2.45, 2.75) is 11.8 Å². The van der Waals surface area contributed by atoms with E-state index in [1.807, 2.05) is 0 Å². The molecule has 0 spiro atoms. The van der Waals surface area contributed by atoms with Crippen LogP contribution in [-0.2, 0) is 35.1 Å². The van der Waals surface area contributed by atoms with Crippen LogP contribution in [0.4, 0.5) is 11.4 Å². The molecule has 206 valence electrons. The molecule has 0 saturated heterocycles. The third kappa shape index (κ3) is 6.10. The fourth-order valence-corrected chi connectivity index (χ4v) is 6.38. The zero-order valence-corrected chi connectivity index (χ0v) is 22.5. The second-order valence-electron chi connectivity index (χ2n) is 8.68. The van der Waals surface area contributed by atoms with Gasteiger partial charge < -0.3 is 5.73 Å². The van der Waals surface area contributed by atoms with Crippen LogP contribution in [0.1, 0.15) is 5.56 Å². The molecular weight excluding hydrogens is 572 g/mol. The molecule has 0 saturated carbocycles. The van der Waals surface area contributed by atoms with Crippen LogP contribution in [0, 0.1) is 18.8 Å². The summed E-state index contributed by atoms with van der Waals surface area (Å²) in [4.78, 5) is 11.7. The topological polar surface area (TPSA) is 222 Å².